The fraction of sp³-hybridized carbons (Fsp3) is 0.440. The third-order valence-electron chi connectivity index (χ3n) is 7.93. The van der Waals surface area contributed by atoms with Crippen molar-refractivity contribution < 1.29 is 18.8 Å². The molecule has 3 fully saturated rings. The normalized spacial score (nSPS) is 23.0. The van der Waals surface area contributed by atoms with Crippen LogP contribution in [0.25, 0.3) is 5.78 Å². The molecule has 11 heteroatoms. The molecule has 0 radical (unpaired) electrons. The summed E-state index contributed by atoms with van der Waals surface area (Å²) in [6.45, 7) is 2.28. The maximum Gasteiger partial charge on any atom is 0.270 e. The highest BCUT2D eigenvalue weighted by Gasteiger charge is 2.50. The van der Waals surface area contributed by atoms with Crippen molar-refractivity contribution in [3.63, 3.8) is 0 Å². The molecule has 2 bridgehead atoms. The molecule has 2 aromatic heterocycles. The minimum atomic E-state index is -0.541. The molecular formula is C25H26ClFN6O3. The first-order chi connectivity index (χ1) is 17.2. The van der Waals surface area contributed by atoms with Crippen molar-refractivity contribution in [2.45, 2.75) is 52.0 Å². The lowest BCUT2D eigenvalue weighted by molar-refractivity contribution is -0.135. The minimum Gasteiger partial charge on any atom is -0.350 e. The van der Waals surface area contributed by atoms with Crippen LogP contribution in [0.3, 0.4) is 0 Å². The number of carbonyl (C=O) groups is 3. The number of carbonyl (C=O) groups excluding carboxylic acids is 3. The van der Waals surface area contributed by atoms with E-state index < -0.39 is 11.7 Å². The van der Waals surface area contributed by atoms with Crippen LogP contribution in [0, 0.1) is 16.6 Å². The highest BCUT2D eigenvalue weighted by atomic mass is 35.5. The van der Waals surface area contributed by atoms with Crippen molar-refractivity contribution >= 4 is 35.0 Å². The molecule has 36 heavy (non-hydrogen) atoms. The van der Waals surface area contributed by atoms with Gasteiger partial charge in [-0.25, -0.2) is 9.37 Å². The number of ketones is 1. The fourth-order valence-electron chi connectivity index (χ4n) is 5.43. The molecule has 6 rings (SSSR count). The van der Waals surface area contributed by atoms with E-state index >= 15 is 0 Å². The second-order valence-electron chi connectivity index (χ2n) is 9.95. The van der Waals surface area contributed by atoms with Gasteiger partial charge in [-0.1, -0.05) is 17.7 Å². The van der Waals surface area contributed by atoms with Gasteiger partial charge in [0.2, 0.25) is 0 Å². The molecule has 188 valence electrons. The van der Waals surface area contributed by atoms with Gasteiger partial charge in [0.1, 0.15) is 29.3 Å². The Kier molecular flexibility index (Phi) is 6.23. The highest BCUT2D eigenvalue weighted by Crippen LogP contribution is 2.56. The van der Waals surface area contributed by atoms with E-state index in [0.717, 1.165) is 38.5 Å². The van der Waals surface area contributed by atoms with Crippen molar-refractivity contribution in [1.82, 2.24) is 30.2 Å². The van der Waals surface area contributed by atoms with E-state index in [1.165, 1.54) is 35.1 Å². The molecule has 2 N–H and O–H groups in total. The average Bonchev–Trinajstić information content (AvgIpc) is 3.37. The Bertz CT molecular complexity index is 1350. The molecule has 2 heterocycles. The zero-order chi connectivity index (χ0) is 25.5. The van der Waals surface area contributed by atoms with Crippen molar-refractivity contribution in [3.05, 3.63) is 58.4 Å². The number of aromatic nitrogens is 4. The maximum atomic E-state index is 13.4. The van der Waals surface area contributed by atoms with E-state index in [4.69, 9.17) is 11.6 Å². The quantitative estimate of drug-likeness (QED) is 0.500. The molecule has 0 unspecified atom stereocenters. The Morgan fingerprint density at radius 1 is 1.06 bits per heavy atom. The number of rotatable bonds is 7. The molecule has 0 spiro atoms. The lowest BCUT2D eigenvalue weighted by atomic mass is 9.52. The molecule has 2 amide bonds. The van der Waals surface area contributed by atoms with E-state index in [2.05, 4.69) is 25.7 Å². The van der Waals surface area contributed by atoms with Gasteiger partial charge in [-0.15, -0.1) is 0 Å². The highest BCUT2D eigenvalue weighted by molar-refractivity contribution is 6.30. The molecule has 0 saturated heterocycles. The molecule has 3 aliphatic carbocycles. The van der Waals surface area contributed by atoms with Gasteiger partial charge in [-0.3, -0.25) is 14.4 Å². The predicted molar refractivity (Wildman–Crippen MR) is 129 cm³/mol. The average molecular weight is 513 g/mol. The van der Waals surface area contributed by atoms with E-state index in [0.29, 0.717) is 12.1 Å². The Balaban J connectivity index is 1.29. The lowest BCUT2D eigenvalue weighted by Crippen LogP contribution is -2.49. The molecule has 1 aromatic carbocycles. The molecule has 9 nitrogen and oxygen atoms in total. The largest absolute Gasteiger partial charge is 0.350 e. The third-order valence-corrected chi connectivity index (χ3v) is 8.22. The number of amides is 2. The van der Waals surface area contributed by atoms with Crippen LogP contribution in [0.4, 0.5) is 4.39 Å². The second-order valence-corrected chi connectivity index (χ2v) is 10.4. The van der Waals surface area contributed by atoms with Gasteiger partial charge in [0, 0.05) is 24.6 Å². The van der Waals surface area contributed by atoms with E-state index in [9.17, 15) is 18.8 Å². The topological polar surface area (TPSA) is 118 Å². The van der Waals surface area contributed by atoms with Crippen LogP contribution < -0.4 is 10.6 Å². The van der Waals surface area contributed by atoms with Crippen LogP contribution in [-0.4, -0.2) is 43.7 Å². The van der Waals surface area contributed by atoms with Crippen LogP contribution in [0.1, 0.15) is 72.0 Å². The van der Waals surface area contributed by atoms with E-state index in [1.54, 1.807) is 6.92 Å². The van der Waals surface area contributed by atoms with Crippen LogP contribution in [-0.2, 0) is 11.3 Å². The lowest BCUT2D eigenvalue weighted by Gasteiger charge is -2.52. The van der Waals surface area contributed by atoms with Gasteiger partial charge in [0.15, 0.2) is 0 Å². The summed E-state index contributed by atoms with van der Waals surface area (Å²) in [5.41, 5.74) is 0.579. The zero-order valence-electron chi connectivity index (χ0n) is 19.8. The Morgan fingerprint density at radius 2 is 1.78 bits per heavy atom. The van der Waals surface area contributed by atoms with Gasteiger partial charge in [-0.2, -0.15) is 14.6 Å². The summed E-state index contributed by atoms with van der Waals surface area (Å²) < 4.78 is 14.7. The van der Waals surface area contributed by atoms with Gasteiger partial charge < -0.3 is 10.6 Å². The van der Waals surface area contributed by atoms with Crippen LogP contribution in [0.2, 0.25) is 5.02 Å². The SMILES string of the molecule is CC(=O)C12CCC(CNC(=O)c3cc(C(=O)NCc4ccc(F)c(Cl)c4)nc4ncnn34)(CC1)CC2. The van der Waals surface area contributed by atoms with Crippen molar-refractivity contribution in [3.8, 4) is 0 Å². The molecule has 3 aliphatic rings. The number of fused-ring (bicyclic) bond motifs is 4. The number of halogens is 2. The first-order valence-corrected chi connectivity index (χ1v) is 12.3. The molecule has 3 aromatic rings. The third kappa shape index (κ3) is 4.45. The number of nitrogens with zero attached hydrogens (tertiary/aromatic N) is 4. The van der Waals surface area contributed by atoms with Crippen LogP contribution >= 0.6 is 11.6 Å². The van der Waals surface area contributed by atoms with Gasteiger partial charge in [0.05, 0.1) is 5.02 Å². The minimum absolute atomic E-state index is 0.00796. The predicted octanol–water partition coefficient (Wildman–Crippen LogP) is 3.51. The maximum absolute atomic E-state index is 13.4. The van der Waals surface area contributed by atoms with Crippen LogP contribution in [0.5, 0.6) is 0 Å². The summed E-state index contributed by atoms with van der Waals surface area (Å²) in [5.74, 6) is -1.04. The summed E-state index contributed by atoms with van der Waals surface area (Å²) in [7, 11) is 0. The number of Topliss-reactive ketones (excluding diaryl/α,β-unsaturated/α-hetero) is 1. The van der Waals surface area contributed by atoms with E-state index in [1.807, 2.05) is 0 Å². The second kappa shape index (κ2) is 9.24. The first-order valence-electron chi connectivity index (χ1n) is 11.9. The summed E-state index contributed by atoms with van der Waals surface area (Å²) in [6, 6.07) is 5.56. The van der Waals surface area contributed by atoms with Crippen molar-refractivity contribution in [2.24, 2.45) is 10.8 Å². The van der Waals surface area contributed by atoms with Crippen molar-refractivity contribution in [1.29, 1.82) is 0 Å². The number of hydrogen-bond donors (Lipinski definition) is 2. The number of hydrogen-bond acceptors (Lipinski definition) is 6. The molecule has 0 atom stereocenters. The smallest absolute Gasteiger partial charge is 0.270 e. The standard InChI is InChI=1S/C25H26ClFN6O3/c1-15(34)25-7-4-24(5-8-25,6-9-25)13-29-22(36)20-11-19(32-23-30-14-31-33(20)23)21(35)28-12-16-2-3-18(27)17(26)10-16/h2-3,10-11,14H,4-9,12-13H2,1H3,(H,28,35)(H,29,36). The summed E-state index contributed by atoms with van der Waals surface area (Å²) in [6.07, 6.45) is 6.58. The Morgan fingerprint density at radius 3 is 2.44 bits per heavy atom. The Labute approximate surface area is 211 Å². The van der Waals surface area contributed by atoms with Crippen LogP contribution in [0.15, 0.2) is 30.6 Å². The summed E-state index contributed by atoms with van der Waals surface area (Å²) >= 11 is 5.81. The monoisotopic (exact) mass is 512 g/mol. The molecule has 0 aliphatic heterocycles. The summed E-state index contributed by atoms with van der Waals surface area (Å²) in [4.78, 5) is 46.4. The van der Waals surface area contributed by atoms with E-state index in [-0.39, 0.29) is 51.3 Å². The zero-order valence-corrected chi connectivity index (χ0v) is 20.6. The molecular weight excluding hydrogens is 487 g/mol. The fourth-order valence-corrected chi connectivity index (χ4v) is 5.63. The first kappa shape index (κ1) is 24.3. The number of nitrogens with one attached hydrogen (secondary N) is 2. The van der Waals surface area contributed by atoms with Gasteiger partial charge in [-0.05, 0) is 68.6 Å². The molecule has 3 saturated carbocycles. The van der Waals surface area contributed by atoms with Crippen molar-refractivity contribution in [2.75, 3.05) is 6.54 Å². The Hall–Kier alpha value is -3.40. The number of benzene rings is 1. The summed E-state index contributed by atoms with van der Waals surface area (Å²) in [5, 5.41) is 9.77. The van der Waals surface area contributed by atoms with Gasteiger partial charge >= 0.3 is 0 Å². The van der Waals surface area contributed by atoms with Gasteiger partial charge in [0.25, 0.3) is 17.6 Å².